The zero-order valence-corrected chi connectivity index (χ0v) is 17.6. The fourth-order valence-electron chi connectivity index (χ4n) is 3.38. The maximum Gasteiger partial charge on any atom is 0.287 e. The molecule has 2 atom stereocenters. The van der Waals surface area contributed by atoms with Crippen LogP contribution in [-0.4, -0.2) is 53.5 Å². The van der Waals surface area contributed by atoms with E-state index >= 15 is 0 Å². The van der Waals surface area contributed by atoms with Crippen LogP contribution in [0.5, 0.6) is 0 Å². The Labute approximate surface area is 180 Å². The molecular formula is C22H25N5O2S. The van der Waals surface area contributed by atoms with Crippen LogP contribution in [0.25, 0.3) is 0 Å². The first-order chi connectivity index (χ1) is 14.6. The fraction of sp³-hybridized carbons (Fsp3) is 0.318. The first kappa shape index (κ1) is 20.3. The molecule has 156 valence electrons. The van der Waals surface area contributed by atoms with Crippen LogP contribution in [0, 0.1) is 0 Å². The van der Waals surface area contributed by atoms with E-state index in [1.54, 1.807) is 0 Å². The summed E-state index contributed by atoms with van der Waals surface area (Å²) in [5.41, 5.74) is 11.3. The van der Waals surface area contributed by atoms with Crippen molar-refractivity contribution in [1.82, 2.24) is 10.3 Å². The SMILES string of the molecule is CC(C1=NNC(/N=C(\N)N2CCSCC2)O1)c1cccc(C(=O)c2ccccc2)c1. The van der Waals surface area contributed by atoms with Gasteiger partial charge in [-0.3, -0.25) is 4.79 Å². The largest absolute Gasteiger partial charge is 0.434 e. The highest BCUT2D eigenvalue weighted by atomic mass is 32.2. The number of hydrogen-bond acceptors (Lipinski definition) is 6. The molecule has 2 unspecified atom stereocenters. The first-order valence-electron chi connectivity index (χ1n) is 9.97. The van der Waals surface area contributed by atoms with E-state index in [1.807, 2.05) is 73.3 Å². The van der Waals surface area contributed by atoms with E-state index in [-0.39, 0.29) is 11.7 Å². The Bertz CT molecular complexity index is 957. The van der Waals surface area contributed by atoms with Crippen LogP contribution in [0.4, 0.5) is 0 Å². The summed E-state index contributed by atoms with van der Waals surface area (Å²) in [5, 5.41) is 4.30. The molecule has 8 heteroatoms. The highest BCUT2D eigenvalue weighted by Crippen LogP contribution is 2.23. The Morgan fingerprint density at radius 2 is 1.93 bits per heavy atom. The van der Waals surface area contributed by atoms with Crippen molar-refractivity contribution in [3.8, 4) is 0 Å². The Hall–Kier alpha value is -3.00. The van der Waals surface area contributed by atoms with Crippen molar-refractivity contribution in [2.24, 2.45) is 15.8 Å². The van der Waals surface area contributed by atoms with Crippen LogP contribution < -0.4 is 11.2 Å². The van der Waals surface area contributed by atoms with E-state index < -0.39 is 6.35 Å². The molecule has 0 spiro atoms. The quantitative estimate of drug-likeness (QED) is 0.436. The second-order valence-corrected chi connectivity index (χ2v) is 8.40. The number of carbonyl (C=O) groups excluding carboxylic acids is 1. The van der Waals surface area contributed by atoms with Gasteiger partial charge in [0.1, 0.15) is 0 Å². The number of ether oxygens (including phenoxy) is 1. The molecule has 0 radical (unpaired) electrons. The Balaban J connectivity index is 1.42. The molecule has 3 N–H and O–H groups in total. The van der Waals surface area contributed by atoms with Gasteiger partial charge in [0.05, 0.1) is 5.92 Å². The highest BCUT2D eigenvalue weighted by molar-refractivity contribution is 7.99. The zero-order valence-electron chi connectivity index (χ0n) is 16.8. The number of hydrogen-bond donors (Lipinski definition) is 2. The van der Waals surface area contributed by atoms with Crippen molar-refractivity contribution in [3.05, 3.63) is 71.3 Å². The maximum absolute atomic E-state index is 12.8. The first-order valence-corrected chi connectivity index (χ1v) is 11.1. The highest BCUT2D eigenvalue weighted by Gasteiger charge is 2.26. The third kappa shape index (κ3) is 4.59. The number of carbonyl (C=O) groups is 1. The maximum atomic E-state index is 12.8. The lowest BCUT2D eigenvalue weighted by atomic mass is 9.95. The fourth-order valence-corrected chi connectivity index (χ4v) is 4.29. The number of aliphatic imine (C=N–C) groups is 1. The lowest BCUT2D eigenvalue weighted by molar-refractivity contribution is 0.103. The molecule has 2 aliphatic heterocycles. The summed E-state index contributed by atoms with van der Waals surface area (Å²) in [6.45, 7) is 3.77. The molecule has 2 aromatic rings. The molecule has 4 rings (SSSR count). The summed E-state index contributed by atoms with van der Waals surface area (Å²) >= 11 is 1.92. The van der Waals surface area contributed by atoms with Crippen LogP contribution in [0.15, 0.2) is 64.7 Å². The van der Waals surface area contributed by atoms with Gasteiger partial charge in [0.2, 0.25) is 5.90 Å². The molecule has 2 aromatic carbocycles. The summed E-state index contributed by atoms with van der Waals surface area (Å²) in [5.74, 6) is 2.95. The summed E-state index contributed by atoms with van der Waals surface area (Å²) in [6.07, 6.45) is -0.633. The zero-order chi connectivity index (χ0) is 20.9. The number of hydrazone groups is 1. The van der Waals surface area contributed by atoms with Gasteiger partial charge in [-0.2, -0.15) is 16.8 Å². The summed E-state index contributed by atoms with van der Waals surface area (Å²) in [7, 11) is 0. The minimum absolute atomic E-state index is 0.00741. The number of rotatable bonds is 5. The average Bonchev–Trinajstić information content (AvgIpc) is 3.27. The van der Waals surface area contributed by atoms with Crippen molar-refractivity contribution in [1.29, 1.82) is 0 Å². The average molecular weight is 424 g/mol. The molecular weight excluding hydrogens is 398 g/mol. The molecule has 0 amide bonds. The van der Waals surface area contributed by atoms with Gasteiger partial charge >= 0.3 is 0 Å². The van der Waals surface area contributed by atoms with Crippen molar-refractivity contribution >= 4 is 29.4 Å². The monoisotopic (exact) mass is 423 g/mol. The molecule has 2 aliphatic rings. The van der Waals surface area contributed by atoms with Crippen molar-refractivity contribution < 1.29 is 9.53 Å². The van der Waals surface area contributed by atoms with E-state index in [9.17, 15) is 4.79 Å². The Morgan fingerprint density at radius 3 is 2.70 bits per heavy atom. The predicted octanol–water partition coefficient (Wildman–Crippen LogP) is 2.60. The smallest absolute Gasteiger partial charge is 0.287 e. The molecule has 1 fully saturated rings. The predicted molar refractivity (Wildman–Crippen MR) is 121 cm³/mol. The molecule has 30 heavy (non-hydrogen) atoms. The third-order valence-corrected chi connectivity index (χ3v) is 6.10. The molecule has 2 heterocycles. The lowest BCUT2D eigenvalue weighted by Crippen LogP contribution is -2.44. The topological polar surface area (TPSA) is 92.3 Å². The van der Waals surface area contributed by atoms with Crippen molar-refractivity contribution in [2.45, 2.75) is 19.2 Å². The standard InChI is InChI=1S/C22H25N5O2S/c1-15(17-8-5-9-18(14-17)19(28)16-6-3-2-4-7-16)20-25-26-22(29-20)24-21(23)27-10-12-30-13-11-27/h2-9,14-15,22,26H,10-13H2,1H3,(H2,23,24). The van der Waals surface area contributed by atoms with Gasteiger partial charge in [-0.15, -0.1) is 5.10 Å². The molecule has 0 aliphatic carbocycles. The molecule has 0 bridgehead atoms. The van der Waals surface area contributed by atoms with Crippen LogP contribution >= 0.6 is 11.8 Å². The van der Waals surface area contributed by atoms with Crippen LogP contribution in [0.3, 0.4) is 0 Å². The number of nitrogens with one attached hydrogen (secondary N) is 1. The molecule has 0 saturated carbocycles. The lowest BCUT2D eigenvalue weighted by Gasteiger charge is -2.27. The van der Waals surface area contributed by atoms with Gasteiger partial charge in [0.15, 0.2) is 11.7 Å². The second kappa shape index (κ2) is 9.21. The van der Waals surface area contributed by atoms with Crippen LogP contribution in [0.1, 0.15) is 34.3 Å². The second-order valence-electron chi connectivity index (χ2n) is 7.18. The minimum Gasteiger partial charge on any atom is -0.434 e. The van der Waals surface area contributed by atoms with E-state index in [0.717, 1.165) is 30.2 Å². The van der Waals surface area contributed by atoms with E-state index in [4.69, 9.17) is 10.5 Å². The van der Waals surface area contributed by atoms with Crippen molar-refractivity contribution in [3.63, 3.8) is 0 Å². The number of nitrogens with two attached hydrogens (primary N) is 1. The van der Waals surface area contributed by atoms with Gasteiger partial charge < -0.3 is 15.4 Å². The molecule has 1 saturated heterocycles. The number of thioether (sulfide) groups is 1. The molecule has 0 aromatic heterocycles. The third-order valence-electron chi connectivity index (χ3n) is 5.16. The van der Waals surface area contributed by atoms with Gasteiger partial charge in [-0.25, -0.2) is 5.43 Å². The number of nitrogens with zero attached hydrogens (tertiary/aromatic N) is 3. The van der Waals surface area contributed by atoms with Gasteiger partial charge in [-0.1, -0.05) is 48.5 Å². The van der Waals surface area contributed by atoms with Gasteiger partial charge in [0.25, 0.3) is 6.35 Å². The van der Waals surface area contributed by atoms with E-state index in [1.165, 1.54) is 0 Å². The summed E-state index contributed by atoms with van der Waals surface area (Å²) < 4.78 is 5.88. The summed E-state index contributed by atoms with van der Waals surface area (Å²) in [4.78, 5) is 19.2. The number of ketones is 1. The minimum atomic E-state index is -0.633. The Kier molecular flexibility index (Phi) is 6.23. The van der Waals surface area contributed by atoms with Crippen LogP contribution in [0.2, 0.25) is 0 Å². The summed E-state index contributed by atoms with van der Waals surface area (Å²) in [6, 6.07) is 16.8. The normalized spacial score (nSPS) is 20.2. The number of benzene rings is 2. The van der Waals surface area contributed by atoms with Crippen LogP contribution in [-0.2, 0) is 4.74 Å². The number of guanidine groups is 1. The van der Waals surface area contributed by atoms with Crippen molar-refractivity contribution in [2.75, 3.05) is 24.6 Å². The van der Waals surface area contributed by atoms with Gasteiger partial charge in [0, 0.05) is 35.7 Å². The van der Waals surface area contributed by atoms with Gasteiger partial charge in [-0.05, 0) is 18.6 Å². The van der Waals surface area contributed by atoms with E-state index in [0.29, 0.717) is 23.0 Å². The van der Waals surface area contributed by atoms with E-state index in [2.05, 4.69) is 20.4 Å². The molecule has 7 nitrogen and oxygen atoms in total. The Morgan fingerprint density at radius 1 is 1.20 bits per heavy atom.